The molecule has 0 spiro atoms. The highest BCUT2D eigenvalue weighted by Gasteiger charge is 2.20. The molecular weight excluding hydrogens is 196 g/mol. The van der Waals surface area contributed by atoms with Gasteiger partial charge in [0, 0.05) is 12.6 Å². The molecule has 0 aliphatic carbocycles. The normalized spacial score (nSPS) is 12.3. The zero-order chi connectivity index (χ0) is 12.0. The third-order valence-electron chi connectivity index (χ3n) is 2.06. The molecule has 0 heterocycles. The van der Waals surface area contributed by atoms with Gasteiger partial charge in [0.15, 0.2) is 0 Å². The number of urea groups is 1. The topological polar surface area (TPSA) is 69.6 Å². The molecule has 0 rings (SSSR count). The van der Waals surface area contributed by atoms with Gasteiger partial charge < -0.3 is 15.3 Å². The van der Waals surface area contributed by atoms with Crippen LogP contribution in [-0.4, -0.2) is 40.6 Å². The van der Waals surface area contributed by atoms with Gasteiger partial charge in [0.2, 0.25) is 0 Å². The molecule has 15 heavy (non-hydrogen) atoms. The third-order valence-corrected chi connectivity index (χ3v) is 2.06. The lowest BCUT2D eigenvalue weighted by atomic mass is 10.3. The third kappa shape index (κ3) is 4.67. The Morgan fingerprint density at radius 1 is 1.33 bits per heavy atom. The maximum atomic E-state index is 11.6. The van der Waals surface area contributed by atoms with Gasteiger partial charge in [-0.3, -0.25) is 4.79 Å². The summed E-state index contributed by atoms with van der Waals surface area (Å²) in [7, 11) is 0. The van der Waals surface area contributed by atoms with Crippen LogP contribution >= 0.6 is 0 Å². The zero-order valence-corrected chi connectivity index (χ0v) is 9.78. The molecule has 5 heteroatoms. The molecule has 0 saturated heterocycles. The summed E-state index contributed by atoms with van der Waals surface area (Å²) >= 11 is 0. The van der Waals surface area contributed by atoms with Crippen molar-refractivity contribution in [1.82, 2.24) is 10.2 Å². The van der Waals surface area contributed by atoms with Gasteiger partial charge in [-0.25, -0.2) is 4.79 Å². The highest BCUT2D eigenvalue weighted by atomic mass is 16.4. The van der Waals surface area contributed by atoms with Gasteiger partial charge in [-0.2, -0.15) is 0 Å². The van der Waals surface area contributed by atoms with Crippen molar-refractivity contribution in [1.29, 1.82) is 0 Å². The predicted octanol–water partition coefficient (Wildman–Crippen LogP) is 1.29. The van der Waals surface area contributed by atoms with E-state index in [0.717, 1.165) is 6.42 Å². The Balaban J connectivity index is 4.32. The highest BCUT2D eigenvalue weighted by molar-refractivity contribution is 5.82. The molecule has 0 aromatic heterocycles. The number of hydrogen-bond donors (Lipinski definition) is 2. The van der Waals surface area contributed by atoms with Crippen LogP contribution in [0.25, 0.3) is 0 Å². The monoisotopic (exact) mass is 216 g/mol. The maximum absolute atomic E-state index is 11.6. The number of carbonyl (C=O) groups is 2. The van der Waals surface area contributed by atoms with E-state index in [4.69, 9.17) is 5.11 Å². The SMILES string of the molecule is CCCN(C(=O)NC(C)C(=O)O)C(C)C. The first kappa shape index (κ1) is 13.7. The van der Waals surface area contributed by atoms with Crippen LogP contribution in [0.5, 0.6) is 0 Å². The van der Waals surface area contributed by atoms with E-state index in [2.05, 4.69) is 5.32 Å². The lowest BCUT2D eigenvalue weighted by molar-refractivity contribution is -0.138. The minimum Gasteiger partial charge on any atom is -0.480 e. The Bertz CT molecular complexity index is 229. The number of carboxylic acid groups (broad SMARTS) is 1. The molecule has 0 bridgehead atoms. The molecule has 1 unspecified atom stereocenters. The Labute approximate surface area is 90.5 Å². The number of amides is 2. The summed E-state index contributed by atoms with van der Waals surface area (Å²) in [6.07, 6.45) is 0.854. The second kappa shape index (κ2) is 6.27. The largest absolute Gasteiger partial charge is 0.480 e. The summed E-state index contributed by atoms with van der Waals surface area (Å²) < 4.78 is 0. The summed E-state index contributed by atoms with van der Waals surface area (Å²) in [4.78, 5) is 23.8. The first-order valence-electron chi connectivity index (χ1n) is 5.20. The van der Waals surface area contributed by atoms with Crippen molar-refractivity contribution in [3.05, 3.63) is 0 Å². The van der Waals surface area contributed by atoms with Gasteiger partial charge in [-0.15, -0.1) is 0 Å². The maximum Gasteiger partial charge on any atom is 0.325 e. The van der Waals surface area contributed by atoms with Crippen LogP contribution in [0.2, 0.25) is 0 Å². The summed E-state index contributed by atoms with van der Waals surface area (Å²) in [5, 5.41) is 11.1. The Morgan fingerprint density at radius 2 is 1.87 bits per heavy atom. The van der Waals surface area contributed by atoms with Gasteiger partial charge in [0.25, 0.3) is 0 Å². The second-order valence-corrected chi connectivity index (χ2v) is 3.80. The number of rotatable bonds is 5. The average molecular weight is 216 g/mol. The molecular formula is C10H20N2O3. The zero-order valence-electron chi connectivity index (χ0n) is 9.78. The lowest BCUT2D eigenvalue weighted by Crippen LogP contribution is -2.49. The van der Waals surface area contributed by atoms with Crippen molar-refractivity contribution in [2.45, 2.75) is 46.2 Å². The first-order chi connectivity index (χ1) is 6.90. The smallest absolute Gasteiger partial charge is 0.325 e. The van der Waals surface area contributed by atoms with Gasteiger partial charge >= 0.3 is 12.0 Å². The number of nitrogens with zero attached hydrogens (tertiary/aromatic N) is 1. The molecule has 0 saturated carbocycles. The molecule has 5 nitrogen and oxygen atoms in total. The van der Waals surface area contributed by atoms with Crippen LogP contribution in [0.3, 0.4) is 0 Å². The van der Waals surface area contributed by atoms with Crippen molar-refractivity contribution in [2.75, 3.05) is 6.54 Å². The quantitative estimate of drug-likeness (QED) is 0.727. The molecule has 0 fully saturated rings. The van der Waals surface area contributed by atoms with E-state index < -0.39 is 12.0 Å². The fraction of sp³-hybridized carbons (Fsp3) is 0.800. The van der Waals surface area contributed by atoms with E-state index >= 15 is 0 Å². The molecule has 0 aliphatic heterocycles. The lowest BCUT2D eigenvalue weighted by Gasteiger charge is -2.27. The van der Waals surface area contributed by atoms with E-state index in [-0.39, 0.29) is 12.1 Å². The van der Waals surface area contributed by atoms with Crippen molar-refractivity contribution in [2.24, 2.45) is 0 Å². The average Bonchev–Trinajstić information content (AvgIpc) is 2.12. The van der Waals surface area contributed by atoms with Crippen LogP contribution in [0.15, 0.2) is 0 Å². The van der Waals surface area contributed by atoms with Crippen LogP contribution in [-0.2, 0) is 4.79 Å². The minimum atomic E-state index is -1.02. The van der Waals surface area contributed by atoms with E-state index in [1.165, 1.54) is 6.92 Å². The number of carboxylic acids is 1. The van der Waals surface area contributed by atoms with Crippen molar-refractivity contribution >= 4 is 12.0 Å². The van der Waals surface area contributed by atoms with Crippen LogP contribution < -0.4 is 5.32 Å². The molecule has 88 valence electrons. The van der Waals surface area contributed by atoms with E-state index in [1.807, 2.05) is 20.8 Å². The van der Waals surface area contributed by atoms with Gasteiger partial charge in [-0.1, -0.05) is 6.92 Å². The van der Waals surface area contributed by atoms with Crippen LogP contribution in [0, 0.1) is 0 Å². The standard InChI is InChI=1S/C10H20N2O3/c1-5-6-12(7(2)3)10(15)11-8(4)9(13)14/h7-8H,5-6H2,1-4H3,(H,11,15)(H,13,14). The fourth-order valence-corrected chi connectivity index (χ4v) is 1.17. The molecule has 0 aromatic carbocycles. The summed E-state index contributed by atoms with van der Waals surface area (Å²) in [5.41, 5.74) is 0. The van der Waals surface area contributed by atoms with Crippen molar-refractivity contribution in [3.63, 3.8) is 0 Å². The predicted molar refractivity (Wildman–Crippen MR) is 57.8 cm³/mol. The molecule has 0 aliphatic rings. The van der Waals surface area contributed by atoms with Crippen molar-refractivity contribution in [3.8, 4) is 0 Å². The van der Waals surface area contributed by atoms with Crippen molar-refractivity contribution < 1.29 is 14.7 Å². The summed E-state index contributed by atoms with van der Waals surface area (Å²) in [6.45, 7) is 7.87. The highest BCUT2D eigenvalue weighted by Crippen LogP contribution is 2.00. The van der Waals surface area contributed by atoms with Gasteiger partial charge in [-0.05, 0) is 27.2 Å². The second-order valence-electron chi connectivity index (χ2n) is 3.80. The van der Waals surface area contributed by atoms with E-state index in [9.17, 15) is 9.59 Å². The molecule has 1 atom stereocenters. The van der Waals surface area contributed by atoms with Gasteiger partial charge in [0.1, 0.15) is 6.04 Å². The van der Waals surface area contributed by atoms with Crippen LogP contribution in [0.4, 0.5) is 4.79 Å². The number of aliphatic carboxylic acids is 1. The van der Waals surface area contributed by atoms with E-state index in [1.54, 1.807) is 4.90 Å². The Morgan fingerprint density at radius 3 is 2.20 bits per heavy atom. The summed E-state index contributed by atoms with van der Waals surface area (Å²) in [6, 6.07) is -1.09. The summed E-state index contributed by atoms with van der Waals surface area (Å²) in [5.74, 6) is -1.02. The number of nitrogens with one attached hydrogen (secondary N) is 1. The fourth-order valence-electron chi connectivity index (χ4n) is 1.17. The van der Waals surface area contributed by atoms with Crippen LogP contribution in [0.1, 0.15) is 34.1 Å². The Hall–Kier alpha value is -1.26. The van der Waals surface area contributed by atoms with Gasteiger partial charge in [0.05, 0.1) is 0 Å². The number of hydrogen-bond acceptors (Lipinski definition) is 2. The molecule has 2 amide bonds. The number of carbonyl (C=O) groups excluding carboxylic acids is 1. The molecule has 2 N–H and O–H groups in total. The molecule has 0 aromatic rings. The first-order valence-corrected chi connectivity index (χ1v) is 5.20. The van der Waals surface area contributed by atoms with E-state index in [0.29, 0.717) is 6.54 Å². The Kier molecular flexibility index (Phi) is 5.74. The molecule has 0 radical (unpaired) electrons. The minimum absolute atomic E-state index is 0.0749.